The van der Waals surface area contributed by atoms with Gasteiger partial charge in [-0.3, -0.25) is 4.99 Å². The summed E-state index contributed by atoms with van der Waals surface area (Å²) in [6.45, 7) is 0.178. The van der Waals surface area contributed by atoms with Crippen molar-refractivity contribution < 1.29 is 9.50 Å². The molecule has 1 aromatic rings. The molecule has 0 aliphatic heterocycles. The average Bonchev–Trinajstić information content (AvgIpc) is 2.46. The Kier molecular flexibility index (Phi) is 7.95. The van der Waals surface area contributed by atoms with Gasteiger partial charge in [-0.15, -0.1) is 24.0 Å². The van der Waals surface area contributed by atoms with E-state index in [0.717, 1.165) is 12.8 Å². The maximum Gasteiger partial charge on any atom is 0.188 e. The van der Waals surface area contributed by atoms with Crippen LogP contribution in [0.4, 0.5) is 4.39 Å². The van der Waals surface area contributed by atoms with Gasteiger partial charge in [0.2, 0.25) is 0 Å². The molecule has 1 aromatic carbocycles. The summed E-state index contributed by atoms with van der Waals surface area (Å²) < 4.78 is 12.8. The zero-order valence-corrected chi connectivity index (χ0v) is 14.3. The summed E-state index contributed by atoms with van der Waals surface area (Å²) in [4.78, 5) is 4.16. The van der Waals surface area contributed by atoms with Crippen LogP contribution >= 0.6 is 24.0 Å². The Bertz CT molecular complexity index is 447. The quantitative estimate of drug-likeness (QED) is 0.409. The van der Waals surface area contributed by atoms with Crippen molar-refractivity contribution in [3.05, 3.63) is 35.6 Å². The molecule has 0 amide bonds. The monoisotopic (exact) mass is 407 g/mol. The summed E-state index contributed by atoms with van der Waals surface area (Å²) >= 11 is 0. The predicted octanol–water partition coefficient (Wildman–Crippen LogP) is 2.71. The van der Waals surface area contributed by atoms with Crippen LogP contribution in [-0.2, 0) is 0 Å². The van der Waals surface area contributed by atoms with Gasteiger partial charge in [-0.2, -0.15) is 0 Å². The fourth-order valence-electron chi connectivity index (χ4n) is 2.48. The van der Waals surface area contributed by atoms with E-state index in [2.05, 4.69) is 10.3 Å². The van der Waals surface area contributed by atoms with E-state index in [1.54, 1.807) is 12.1 Å². The van der Waals surface area contributed by atoms with E-state index in [1.165, 1.54) is 31.4 Å². The fraction of sp³-hybridized carbons (Fsp3) is 0.533. The lowest BCUT2D eigenvalue weighted by Crippen LogP contribution is -2.41. The van der Waals surface area contributed by atoms with E-state index in [0.29, 0.717) is 17.6 Å². The van der Waals surface area contributed by atoms with Gasteiger partial charge in [-0.1, -0.05) is 31.4 Å². The van der Waals surface area contributed by atoms with Crippen LogP contribution in [0.15, 0.2) is 29.3 Å². The molecule has 21 heavy (non-hydrogen) atoms. The highest BCUT2D eigenvalue weighted by Crippen LogP contribution is 2.17. The van der Waals surface area contributed by atoms with Crippen molar-refractivity contribution in [1.82, 2.24) is 5.32 Å². The molecule has 0 radical (unpaired) electrons. The molecule has 118 valence electrons. The molecule has 0 aromatic heterocycles. The van der Waals surface area contributed by atoms with Gasteiger partial charge in [0.15, 0.2) is 5.96 Å². The van der Waals surface area contributed by atoms with Crippen LogP contribution in [0.5, 0.6) is 0 Å². The summed E-state index contributed by atoms with van der Waals surface area (Å²) in [6, 6.07) is 6.16. The molecular weight excluding hydrogens is 384 g/mol. The fourth-order valence-corrected chi connectivity index (χ4v) is 2.48. The van der Waals surface area contributed by atoms with Crippen molar-refractivity contribution in [2.24, 2.45) is 10.7 Å². The largest absolute Gasteiger partial charge is 0.386 e. The minimum Gasteiger partial charge on any atom is -0.386 e. The maximum atomic E-state index is 12.8. The third kappa shape index (κ3) is 6.17. The van der Waals surface area contributed by atoms with Crippen molar-refractivity contribution >= 4 is 29.9 Å². The Balaban J connectivity index is 0.00000220. The summed E-state index contributed by atoms with van der Waals surface area (Å²) in [6.07, 6.45) is 5.22. The van der Waals surface area contributed by atoms with Crippen LogP contribution < -0.4 is 11.1 Å². The minimum atomic E-state index is -0.762. The molecule has 1 atom stereocenters. The number of benzene rings is 1. The standard InChI is InChI=1S/C15H22FN3O.HI/c16-12-8-6-11(7-9-12)14(20)10-18-15(17)19-13-4-2-1-3-5-13;/h6-9,13-14,20H,1-5,10H2,(H3,17,18,19);1H. The Labute approximate surface area is 142 Å². The first-order valence-electron chi connectivity index (χ1n) is 7.15. The van der Waals surface area contributed by atoms with Gasteiger partial charge < -0.3 is 16.2 Å². The van der Waals surface area contributed by atoms with E-state index < -0.39 is 6.10 Å². The predicted molar refractivity (Wildman–Crippen MR) is 93.3 cm³/mol. The van der Waals surface area contributed by atoms with E-state index in [4.69, 9.17) is 5.73 Å². The zero-order valence-electron chi connectivity index (χ0n) is 12.0. The van der Waals surface area contributed by atoms with Crippen LogP contribution in [0.2, 0.25) is 0 Å². The van der Waals surface area contributed by atoms with Gasteiger partial charge in [-0.25, -0.2) is 4.39 Å². The van der Waals surface area contributed by atoms with E-state index >= 15 is 0 Å². The Morgan fingerprint density at radius 3 is 2.52 bits per heavy atom. The van der Waals surface area contributed by atoms with E-state index in [-0.39, 0.29) is 36.3 Å². The molecule has 0 spiro atoms. The first-order valence-corrected chi connectivity index (χ1v) is 7.15. The number of nitrogens with zero attached hydrogens (tertiary/aromatic N) is 1. The van der Waals surface area contributed by atoms with Crippen molar-refractivity contribution in [3.63, 3.8) is 0 Å². The number of guanidine groups is 1. The molecule has 1 unspecified atom stereocenters. The lowest BCUT2D eigenvalue weighted by Gasteiger charge is -2.23. The smallest absolute Gasteiger partial charge is 0.188 e. The molecule has 4 N–H and O–H groups in total. The summed E-state index contributed by atoms with van der Waals surface area (Å²) in [7, 11) is 0. The second-order valence-electron chi connectivity index (χ2n) is 5.27. The summed E-state index contributed by atoms with van der Waals surface area (Å²) in [5.74, 6) is 0.0565. The second-order valence-corrected chi connectivity index (χ2v) is 5.27. The number of aliphatic imine (C=N–C) groups is 1. The lowest BCUT2D eigenvalue weighted by molar-refractivity contribution is 0.187. The Hall–Kier alpha value is -0.890. The normalized spacial score (nSPS) is 17.9. The highest BCUT2D eigenvalue weighted by Gasteiger charge is 2.13. The van der Waals surface area contributed by atoms with Gasteiger partial charge in [-0.05, 0) is 30.5 Å². The number of aliphatic hydroxyl groups is 1. The van der Waals surface area contributed by atoms with Crippen LogP contribution in [0.1, 0.15) is 43.8 Å². The second kappa shape index (κ2) is 9.19. The molecule has 1 saturated carbocycles. The van der Waals surface area contributed by atoms with Gasteiger partial charge in [0, 0.05) is 6.04 Å². The molecule has 0 heterocycles. The van der Waals surface area contributed by atoms with Crippen LogP contribution in [0.25, 0.3) is 0 Å². The number of nitrogens with two attached hydrogens (primary N) is 1. The summed E-state index contributed by atoms with van der Waals surface area (Å²) in [5.41, 5.74) is 6.46. The van der Waals surface area contributed by atoms with Gasteiger partial charge in [0.05, 0.1) is 12.6 Å². The average molecular weight is 407 g/mol. The van der Waals surface area contributed by atoms with Crippen molar-refractivity contribution in [3.8, 4) is 0 Å². The van der Waals surface area contributed by atoms with Crippen molar-refractivity contribution in [2.75, 3.05) is 6.54 Å². The SMILES string of the molecule is I.NC(=NCC(O)c1ccc(F)cc1)NC1CCCCC1. The lowest BCUT2D eigenvalue weighted by atomic mass is 9.96. The highest BCUT2D eigenvalue weighted by atomic mass is 127. The minimum absolute atomic E-state index is 0. The number of rotatable bonds is 4. The van der Waals surface area contributed by atoms with E-state index in [9.17, 15) is 9.50 Å². The zero-order chi connectivity index (χ0) is 14.4. The molecule has 0 saturated heterocycles. The van der Waals surface area contributed by atoms with Gasteiger partial charge in [0.1, 0.15) is 5.82 Å². The number of nitrogens with one attached hydrogen (secondary N) is 1. The first kappa shape index (κ1) is 18.2. The van der Waals surface area contributed by atoms with Gasteiger partial charge >= 0.3 is 0 Å². The van der Waals surface area contributed by atoms with Gasteiger partial charge in [0.25, 0.3) is 0 Å². The van der Waals surface area contributed by atoms with E-state index in [1.807, 2.05) is 0 Å². The third-order valence-corrected chi connectivity index (χ3v) is 3.65. The molecule has 4 nitrogen and oxygen atoms in total. The highest BCUT2D eigenvalue weighted by molar-refractivity contribution is 14.0. The van der Waals surface area contributed by atoms with Crippen LogP contribution in [0, 0.1) is 5.82 Å². The molecule has 1 aliphatic rings. The molecule has 6 heteroatoms. The van der Waals surface area contributed by atoms with Crippen molar-refractivity contribution in [1.29, 1.82) is 0 Å². The molecule has 1 fully saturated rings. The van der Waals surface area contributed by atoms with Crippen LogP contribution in [-0.4, -0.2) is 23.7 Å². The molecular formula is C15H23FIN3O. The third-order valence-electron chi connectivity index (χ3n) is 3.65. The molecule has 1 aliphatic carbocycles. The number of aliphatic hydroxyl groups excluding tert-OH is 1. The first-order chi connectivity index (χ1) is 9.65. The Morgan fingerprint density at radius 2 is 1.90 bits per heavy atom. The summed E-state index contributed by atoms with van der Waals surface area (Å²) in [5, 5.41) is 13.1. The number of hydrogen-bond donors (Lipinski definition) is 3. The maximum absolute atomic E-state index is 12.8. The van der Waals surface area contributed by atoms with Crippen molar-refractivity contribution in [2.45, 2.75) is 44.2 Å². The van der Waals surface area contributed by atoms with Crippen LogP contribution in [0.3, 0.4) is 0 Å². The number of hydrogen-bond acceptors (Lipinski definition) is 2. The molecule has 2 rings (SSSR count). The molecule has 0 bridgehead atoms. The topological polar surface area (TPSA) is 70.6 Å². The Morgan fingerprint density at radius 1 is 1.29 bits per heavy atom. The number of halogens is 2.